The van der Waals surface area contributed by atoms with Gasteiger partial charge >= 0.3 is 12.0 Å². The fourth-order valence-electron chi connectivity index (χ4n) is 1.27. The number of carboxylic acid groups (broad SMARTS) is 1. The number of nitrogens with one attached hydrogen (secondary N) is 2. The smallest absolute Gasteiger partial charge is 0.338 e. The molecule has 3 amide bonds. The van der Waals surface area contributed by atoms with Crippen molar-refractivity contribution in [2.75, 3.05) is 12.8 Å². The molecule has 0 aliphatic carbocycles. The van der Waals surface area contributed by atoms with Crippen molar-refractivity contribution in [1.29, 1.82) is 0 Å². The molecule has 0 atom stereocenters. The fraction of sp³-hybridized carbons (Fsp3) is 0.250. The Balaban J connectivity index is 2.50. The normalized spacial score (nSPS) is 9.90. The van der Waals surface area contributed by atoms with Crippen LogP contribution in [0.15, 0.2) is 23.1 Å². The molecule has 0 aromatic heterocycles. The molecule has 0 saturated heterocycles. The Morgan fingerprint density at radius 3 is 2.65 bits per heavy atom. The van der Waals surface area contributed by atoms with Gasteiger partial charge in [-0.05, 0) is 18.2 Å². The van der Waals surface area contributed by atoms with Crippen LogP contribution < -0.4 is 10.6 Å². The highest BCUT2D eigenvalue weighted by Crippen LogP contribution is 2.21. The molecule has 0 saturated carbocycles. The van der Waals surface area contributed by atoms with Gasteiger partial charge in [-0.15, -0.1) is 11.8 Å². The Kier molecular flexibility index (Phi) is 5.98. The highest BCUT2D eigenvalue weighted by molar-refractivity contribution is 7.99. The van der Waals surface area contributed by atoms with Crippen molar-refractivity contribution in [3.63, 3.8) is 0 Å². The minimum Gasteiger partial charge on any atom is -0.478 e. The molecule has 0 fully saturated rings. The molecule has 0 unspecified atom stereocenters. The minimum absolute atomic E-state index is 0.0812. The topological polar surface area (TPSA) is 95.5 Å². The van der Waals surface area contributed by atoms with Crippen LogP contribution in [0.3, 0.4) is 0 Å². The van der Waals surface area contributed by atoms with E-state index in [4.69, 9.17) is 5.11 Å². The van der Waals surface area contributed by atoms with Crippen LogP contribution in [0.4, 0.5) is 9.18 Å². The summed E-state index contributed by atoms with van der Waals surface area (Å²) in [5.74, 6) is -2.26. The number of urea groups is 1. The number of carbonyl (C=O) groups is 3. The molecule has 1 aromatic rings. The second-order valence-corrected chi connectivity index (χ2v) is 4.84. The number of rotatable bonds is 5. The first-order valence-electron chi connectivity index (χ1n) is 5.61. The predicted molar refractivity (Wildman–Crippen MR) is 71.3 cm³/mol. The maximum atomic E-state index is 13.2. The maximum absolute atomic E-state index is 13.2. The second kappa shape index (κ2) is 7.49. The third-order valence-corrected chi connectivity index (χ3v) is 3.24. The van der Waals surface area contributed by atoms with Crippen LogP contribution in [-0.2, 0) is 4.79 Å². The molecule has 20 heavy (non-hydrogen) atoms. The zero-order chi connectivity index (χ0) is 15.1. The first-order valence-corrected chi connectivity index (χ1v) is 6.59. The van der Waals surface area contributed by atoms with E-state index in [2.05, 4.69) is 10.6 Å². The van der Waals surface area contributed by atoms with Crippen LogP contribution in [0, 0.1) is 5.82 Å². The van der Waals surface area contributed by atoms with Gasteiger partial charge in [0.2, 0.25) is 5.91 Å². The highest BCUT2D eigenvalue weighted by atomic mass is 32.2. The zero-order valence-corrected chi connectivity index (χ0v) is 11.4. The first-order chi connectivity index (χ1) is 9.43. The summed E-state index contributed by atoms with van der Waals surface area (Å²) in [6.07, 6.45) is 0.0812. The number of thioether (sulfide) groups is 1. The molecule has 1 aromatic carbocycles. The maximum Gasteiger partial charge on any atom is 0.338 e. The highest BCUT2D eigenvalue weighted by Gasteiger charge is 2.11. The van der Waals surface area contributed by atoms with E-state index in [0.29, 0.717) is 10.6 Å². The lowest BCUT2D eigenvalue weighted by Gasteiger charge is -2.05. The van der Waals surface area contributed by atoms with Crippen LogP contribution in [0.25, 0.3) is 0 Å². The number of amides is 3. The SMILES string of the molecule is CNC(=O)NC(=O)CCSc1ccc(F)c(C(=O)O)c1. The Hall–Kier alpha value is -2.09. The van der Waals surface area contributed by atoms with E-state index in [9.17, 15) is 18.8 Å². The second-order valence-electron chi connectivity index (χ2n) is 3.67. The largest absolute Gasteiger partial charge is 0.478 e. The number of carbonyl (C=O) groups excluding carboxylic acids is 2. The summed E-state index contributed by atoms with van der Waals surface area (Å²) in [7, 11) is 1.39. The molecular formula is C12H13FN2O4S. The number of hydrogen-bond donors (Lipinski definition) is 3. The summed E-state index contributed by atoms with van der Waals surface area (Å²) in [4.78, 5) is 33.4. The van der Waals surface area contributed by atoms with Gasteiger partial charge in [0.05, 0.1) is 5.56 Å². The summed E-state index contributed by atoms with van der Waals surface area (Å²) < 4.78 is 13.2. The number of hydrogen-bond acceptors (Lipinski definition) is 4. The molecule has 6 nitrogen and oxygen atoms in total. The molecule has 1 rings (SSSR count). The van der Waals surface area contributed by atoms with Gasteiger partial charge in [-0.3, -0.25) is 10.1 Å². The van der Waals surface area contributed by atoms with E-state index in [1.807, 2.05) is 0 Å². The van der Waals surface area contributed by atoms with Crippen LogP contribution in [0.2, 0.25) is 0 Å². The predicted octanol–water partition coefficient (Wildman–Crippen LogP) is 1.46. The number of benzene rings is 1. The standard InChI is InChI=1S/C12H13FN2O4S/c1-14-12(19)15-10(16)4-5-20-7-2-3-9(13)8(6-7)11(17)18/h2-3,6H,4-5H2,1H3,(H,17,18)(H2,14,15,16,19). The van der Waals surface area contributed by atoms with Crippen LogP contribution in [-0.4, -0.2) is 35.8 Å². The van der Waals surface area contributed by atoms with Gasteiger partial charge in [-0.2, -0.15) is 0 Å². The van der Waals surface area contributed by atoms with Crippen molar-refractivity contribution >= 4 is 29.7 Å². The Bertz CT molecular complexity index is 536. The summed E-state index contributed by atoms with van der Waals surface area (Å²) >= 11 is 1.20. The minimum atomic E-state index is -1.35. The Labute approximate surface area is 118 Å². The van der Waals surface area contributed by atoms with E-state index >= 15 is 0 Å². The molecule has 0 aliphatic rings. The summed E-state index contributed by atoms with van der Waals surface area (Å²) in [6.45, 7) is 0. The number of halogens is 1. The van der Waals surface area contributed by atoms with E-state index in [0.717, 1.165) is 6.07 Å². The molecular weight excluding hydrogens is 287 g/mol. The van der Waals surface area contributed by atoms with Gasteiger partial charge < -0.3 is 10.4 Å². The van der Waals surface area contributed by atoms with Crippen molar-refractivity contribution in [2.45, 2.75) is 11.3 Å². The van der Waals surface area contributed by atoms with E-state index in [1.54, 1.807) is 0 Å². The quantitative estimate of drug-likeness (QED) is 0.716. The van der Waals surface area contributed by atoms with Gasteiger partial charge in [0.25, 0.3) is 0 Å². The third-order valence-electron chi connectivity index (χ3n) is 2.25. The fourth-order valence-corrected chi connectivity index (χ4v) is 2.16. The van der Waals surface area contributed by atoms with E-state index in [1.165, 1.54) is 30.9 Å². The molecule has 8 heteroatoms. The van der Waals surface area contributed by atoms with Crippen molar-refractivity contribution in [2.24, 2.45) is 0 Å². The molecule has 0 bridgehead atoms. The summed E-state index contributed by atoms with van der Waals surface area (Å²) in [6, 6.07) is 3.12. The lowest BCUT2D eigenvalue weighted by atomic mass is 10.2. The van der Waals surface area contributed by atoms with Crippen LogP contribution in [0.1, 0.15) is 16.8 Å². The number of carboxylic acids is 1. The zero-order valence-electron chi connectivity index (χ0n) is 10.6. The summed E-state index contributed by atoms with van der Waals surface area (Å²) in [5, 5.41) is 13.1. The van der Waals surface area contributed by atoms with Gasteiger partial charge in [0, 0.05) is 24.1 Å². The van der Waals surface area contributed by atoms with Crippen LogP contribution >= 0.6 is 11.8 Å². The molecule has 108 valence electrons. The van der Waals surface area contributed by atoms with Gasteiger partial charge in [-0.1, -0.05) is 0 Å². The molecule has 0 spiro atoms. The average Bonchev–Trinajstić information content (AvgIpc) is 2.40. The van der Waals surface area contributed by atoms with Crippen molar-refractivity contribution < 1.29 is 23.9 Å². The van der Waals surface area contributed by atoms with Gasteiger partial charge in [0.15, 0.2) is 0 Å². The van der Waals surface area contributed by atoms with Crippen molar-refractivity contribution in [3.05, 3.63) is 29.6 Å². The molecule has 0 aliphatic heterocycles. The Morgan fingerprint density at radius 1 is 1.35 bits per heavy atom. The lowest BCUT2D eigenvalue weighted by molar-refractivity contribution is -0.119. The number of imide groups is 1. The third kappa shape index (κ3) is 4.88. The lowest BCUT2D eigenvalue weighted by Crippen LogP contribution is -2.37. The van der Waals surface area contributed by atoms with E-state index < -0.39 is 29.3 Å². The van der Waals surface area contributed by atoms with E-state index in [-0.39, 0.29) is 6.42 Å². The molecule has 0 heterocycles. The van der Waals surface area contributed by atoms with Crippen molar-refractivity contribution in [1.82, 2.24) is 10.6 Å². The van der Waals surface area contributed by atoms with Gasteiger partial charge in [0.1, 0.15) is 5.82 Å². The first kappa shape index (κ1) is 16.0. The molecule has 3 N–H and O–H groups in total. The van der Waals surface area contributed by atoms with Crippen molar-refractivity contribution in [3.8, 4) is 0 Å². The monoisotopic (exact) mass is 300 g/mol. The molecule has 0 radical (unpaired) electrons. The summed E-state index contributed by atoms with van der Waals surface area (Å²) in [5.41, 5.74) is -0.412. The average molecular weight is 300 g/mol. The van der Waals surface area contributed by atoms with Gasteiger partial charge in [-0.25, -0.2) is 14.0 Å². The Morgan fingerprint density at radius 2 is 2.05 bits per heavy atom. The van der Waals surface area contributed by atoms with Crippen LogP contribution in [0.5, 0.6) is 0 Å². The number of aromatic carboxylic acids is 1.